The lowest BCUT2D eigenvalue weighted by atomic mass is 10.1. The van der Waals surface area contributed by atoms with Crippen LogP contribution in [0.25, 0.3) is 0 Å². The SMILES string of the molecule is CCOC1CCS(=O)(=O)CC1N. The number of nitrogens with two attached hydrogens (primary N) is 1. The van der Waals surface area contributed by atoms with Gasteiger partial charge in [-0.25, -0.2) is 8.42 Å². The van der Waals surface area contributed by atoms with Crippen molar-refractivity contribution in [3.05, 3.63) is 0 Å². The van der Waals surface area contributed by atoms with Gasteiger partial charge >= 0.3 is 0 Å². The molecule has 0 spiro atoms. The number of sulfone groups is 1. The molecule has 1 saturated heterocycles. The summed E-state index contributed by atoms with van der Waals surface area (Å²) in [6.07, 6.45) is 0.468. The third-order valence-electron chi connectivity index (χ3n) is 2.02. The highest BCUT2D eigenvalue weighted by molar-refractivity contribution is 7.91. The lowest BCUT2D eigenvalue weighted by Gasteiger charge is -2.27. The maximum Gasteiger partial charge on any atom is 0.152 e. The topological polar surface area (TPSA) is 69.4 Å². The van der Waals surface area contributed by atoms with Crippen LogP contribution in [0.3, 0.4) is 0 Å². The van der Waals surface area contributed by atoms with Crippen LogP contribution in [0, 0.1) is 0 Å². The monoisotopic (exact) mass is 193 g/mol. The fraction of sp³-hybridized carbons (Fsp3) is 1.00. The lowest BCUT2D eigenvalue weighted by Crippen LogP contribution is -2.47. The zero-order valence-corrected chi connectivity index (χ0v) is 8.01. The minimum atomic E-state index is -2.89. The zero-order valence-electron chi connectivity index (χ0n) is 7.19. The summed E-state index contributed by atoms with van der Waals surface area (Å²) in [5, 5.41) is 0. The molecule has 1 rings (SSSR count). The molecule has 72 valence electrons. The number of ether oxygens (including phenoxy) is 1. The van der Waals surface area contributed by atoms with Gasteiger partial charge in [-0.15, -0.1) is 0 Å². The first-order chi connectivity index (χ1) is 5.55. The summed E-state index contributed by atoms with van der Waals surface area (Å²) in [5.74, 6) is 0.281. The quantitative estimate of drug-likeness (QED) is 0.644. The minimum Gasteiger partial charge on any atom is -0.377 e. The maximum absolute atomic E-state index is 11.1. The van der Waals surface area contributed by atoms with E-state index < -0.39 is 9.84 Å². The van der Waals surface area contributed by atoms with Crippen molar-refractivity contribution in [2.45, 2.75) is 25.5 Å². The van der Waals surface area contributed by atoms with E-state index in [1.807, 2.05) is 6.92 Å². The Morgan fingerprint density at radius 1 is 1.58 bits per heavy atom. The fourth-order valence-electron chi connectivity index (χ4n) is 1.41. The Morgan fingerprint density at radius 2 is 2.25 bits per heavy atom. The van der Waals surface area contributed by atoms with E-state index in [0.717, 1.165) is 0 Å². The van der Waals surface area contributed by atoms with Gasteiger partial charge in [0.2, 0.25) is 0 Å². The average Bonchev–Trinajstić information content (AvgIpc) is 1.94. The van der Waals surface area contributed by atoms with Crippen LogP contribution in [0.4, 0.5) is 0 Å². The normalized spacial score (nSPS) is 34.8. The smallest absolute Gasteiger partial charge is 0.152 e. The molecule has 1 fully saturated rings. The molecule has 12 heavy (non-hydrogen) atoms. The van der Waals surface area contributed by atoms with Gasteiger partial charge in [0.1, 0.15) is 0 Å². The van der Waals surface area contributed by atoms with E-state index in [0.29, 0.717) is 13.0 Å². The van der Waals surface area contributed by atoms with Gasteiger partial charge in [-0.3, -0.25) is 0 Å². The van der Waals surface area contributed by atoms with Crippen molar-refractivity contribution in [1.82, 2.24) is 0 Å². The first-order valence-corrected chi connectivity index (χ1v) is 5.95. The van der Waals surface area contributed by atoms with Gasteiger partial charge in [-0.2, -0.15) is 0 Å². The van der Waals surface area contributed by atoms with Crippen LogP contribution in [0.1, 0.15) is 13.3 Å². The van der Waals surface area contributed by atoms with Crippen molar-refractivity contribution in [3.8, 4) is 0 Å². The van der Waals surface area contributed by atoms with Gasteiger partial charge in [0.15, 0.2) is 9.84 Å². The fourth-order valence-corrected chi connectivity index (χ4v) is 2.97. The Bertz CT molecular complexity index is 237. The number of hydrogen-bond donors (Lipinski definition) is 1. The molecule has 2 atom stereocenters. The Labute approximate surface area is 73.0 Å². The molecule has 0 aromatic carbocycles. The molecule has 0 aromatic heterocycles. The number of rotatable bonds is 2. The predicted molar refractivity (Wildman–Crippen MR) is 46.7 cm³/mol. The number of hydrogen-bond acceptors (Lipinski definition) is 4. The van der Waals surface area contributed by atoms with Crippen molar-refractivity contribution < 1.29 is 13.2 Å². The van der Waals surface area contributed by atoms with Crippen LogP contribution in [-0.2, 0) is 14.6 Å². The van der Waals surface area contributed by atoms with E-state index in [-0.39, 0.29) is 23.7 Å². The van der Waals surface area contributed by atoms with Crippen LogP contribution < -0.4 is 5.73 Å². The molecule has 5 heteroatoms. The Balaban J connectivity index is 2.54. The highest BCUT2D eigenvalue weighted by atomic mass is 32.2. The molecule has 0 amide bonds. The molecular formula is C7H15NO3S. The lowest BCUT2D eigenvalue weighted by molar-refractivity contribution is 0.0442. The molecule has 0 bridgehead atoms. The highest BCUT2D eigenvalue weighted by Crippen LogP contribution is 2.14. The summed E-state index contributed by atoms with van der Waals surface area (Å²) in [5.41, 5.74) is 5.64. The summed E-state index contributed by atoms with van der Waals surface area (Å²) < 4.78 is 27.4. The third kappa shape index (κ3) is 2.43. The molecule has 0 aliphatic carbocycles. The molecule has 4 nitrogen and oxygen atoms in total. The molecule has 0 aromatic rings. The Morgan fingerprint density at radius 3 is 2.75 bits per heavy atom. The van der Waals surface area contributed by atoms with Gasteiger partial charge < -0.3 is 10.5 Å². The highest BCUT2D eigenvalue weighted by Gasteiger charge is 2.30. The predicted octanol–water partition coefficient (Wildman–Crippen LogP) is -0.463. The van der Waals surface area contributed by atoms with Crippen LogP contribution in [-0.4, -0.2) is 38.7 Å². The van der Waals surface area contributed by atoms with E-state index in [4.69, 9.17) is 10.5 Å². The van der Waals surface area contributed by atoms with Crippen LogP contribution in [0.2, 0.25) is 0 Å². The molecular weight excluding hydrogens is 178 g/mol. The van der Waals surface area contributed by atoms with Crippen LogP contribution in [0.5, 0.6) is 0 Å². The molecule has 2 N–H and O–H groups in total. The maximum atomic E-state index is 11.1. The second-order valence-corrected chi connectivity index (χ2v) is 5.29. The zero-order chi connectivity index (χ0) is 9.19. The standard InChI is InChI=1S/C7H15NO3S/c1-2-11-7-3-4-12(9,10)5-6(7)8/h6-7H,2-5,8H2,1H3. The molecule has 0 radical (unpaired) electrons. The van der Waals surface area contributed by atoms with Crippen molar-refractivity contribution in [2.24, 2.45) is 5.73 Å². The summed E-state index contributed by atoms with van der Waals surface area (Å²) in [4.78, 5) is 0. The largest absolute Gasteiger partial charge is 0.377 e. The van der Waals surface area contributed by atoms with Crippen LogP contribution >= 0.6 is 0 Å². The molecule has 1 aliphatic rings. The third-order valence-corrected chi connectivity index (χ3v) is 3.77. The van der Waals surface area contributed by atoms with Gasteiger partial charge in [0.25, 0.3) is 0 Å². The van der Waals surface area contributed by atoms with Crippen molar-refractivity contribution in [3.63, 3.8) is 0 Å². The van der Waals surface area contributed by atoms with Crippen molar-refractivity contribution >= 4 is 9.84 Å². The van der Waals surface area contributed by atoms with Gasteiger partial charge in [-0.05, 0) is 13.3 Å². The van der Waals surface area contributed by atoms with E-state index in [1.165, 1.54) is 0 Å². The van der Waals surface area contributed by atoms with Crippen molar-refractivity contribution in [2.75, 3.05) is 18.1 Å². The first-order valence-electron chi connectivity index (χ1n) is 4.13. The van der Waals surface area contributed by atoms with Gasteiger partial charge in [0, 0.05) is 12.6 Å². The second-order valence-electron chi connectivity index (χ2n) is 3.06. The average molecular weight is 193 g/mol. The van der Waals surface area contributed by atoms with Crippen LogP contribution in [0.15, 0.2) is 0 Å². The van der Waals surface area contributed by atoms with E-state index in [2.05, 4.69) is 0 Å². The second kappa shape index (κ2) is 3.72. The molecule has 2 unspecified atom stereocenters. The summed E-state index contributed by atoms with van der Waals surface area (Å²) >= 11 is 0. The Hall–Kier alpha value is -0.130. The molecule has 1 aliphatic heterocycles. The van der Waals surface area contributed by atoms with E-state index in [1.54, 1.807) is 0 Å². The summed E-state index contributed by atoms with van der Waals surface area (Å²) in [6.45, 7) is 2.48. The van der Waals surface area contributed by atoms with E-state index in [9.17, 15) is 8.42 Å². The summed E-state index contributed by atoms with van der Waals surface area (Å²) in [6, 6.07) is -0.344. The molecule has 0 saturated carbocycles. The van der Waals surface area contributed by atoms with Gasteiger partial charge in [-0.1, -0.05) is 0 Å². The van der Waals surface area contributed by atoms with Gasteiger partial charge in [0.05, 0.1) is 17.6 Å². The Kier molecular flexibility index (Phi) is 3.09. The minimum absolute atomic E-state index is 0.0671. The van der Waals surface area contributed by atoms with Crippen molar-refractivity contribution in [1.29, 1.82) is 0 Å². The van der Waals surface area contributed by atoms with E-state index >= 15 is 0 Å². The molecule has 1 heterocycles. The first kappa shape index (κ1) is 9.95. The summed E-state index contributed by atoms with van der Waals surface area (Å²) in [7, 11) is -2.89.